The molecule has 0 N–H and O–H groups in total. The first-order valence-corrected chi connectivity index (χ1v) is 8.71. The topological polar surface area (TPSA) is 97.5 Å². The third-order valence-electron chi connectivity index (χ3n) is 3.95. The SMILES string of the molecule is CCN(CC)c1nc(Oc2ccccc2[N+](=O)[O-])nc(N(CC)CC)n1. The maximum absolute atomic E-state index is 11.2. The minimum atomic E-state index is -0.493. The van der Waals surface area contributed by atoms with Gasteiger partial charge >= 0.3 is 11.7 Å². The van der Waals surface area contributed by atoms with Crippen molar-refractivity contribution < 1.29 is 9.66 Å². The van der Waals surface area contributed by atoms with Crippen LogP contribution in [0.3, 0.4) is 0 Å². The van der Waals surface area contributed by atoms with E-state index in [2.05, 4.69) is 15.0 Å². The van der Waals surface area contributed by atoms with E-state index >= 15 is 0 Å². The first-order chi connectivity index (χ1) is 12.5. The van der Waals surface area contributed by atoms with Gasteiger partial charge < -0.3 is 14.5 Å². The third-order valence-corrected chi connectivity index (χ3v) is 3.95. The molecular formula is C17H24N6O3. The quantitative estimate of drug-likeness (QED) is 0.496. The van der Waals surface area contributed by atoms with Crippen LogP contribution < -0.4 is 14.5 Å². The van der Waals surface area contributed by atoms with Crippen LogP contribution in [-0.2, 0) is 0 Å². The average Bonchev–Trinajstić information content (AvgIpc) is 2.64. The van der Waals surface area contributed by atoms with E-state index in [4.69, 9.17) is 4.74 Å². The highest BCUT2D eigenvalue weighted by Gasteiger charge is 2.19. The Morgan fingerprint density at radius 3 is 1.88 bits per heavy atom. The lowest BCUT2D eigenvalue weighted by Gasteiger charge is -2.23. The summed E-state index contributed by atoms with van der Waals surface area (Å²) in [7, 11) is 0. The van der Waals surface area contributed by atoms with Gasteiger partial charge in [0.2, 0.25) is 17.6 Å². The molecule has 1 aromatic heterocycles. The molecule has 1 aromatic carbocycles. The van der Waals surface area contributed by atoms with Crippen LogP contribution in [-0.4, -0.2) is 46.1 Å². The molecule has 0 fully saturated rings. The molecule has 0 aliphatic rings. The Balaban J connectivity index is 2.48. The van der Waals surface area contributed by atoms with Gasteiger partial charge in [0.05, 0.1) is 4.92 Å². The zero-order chi connectivity index (χ0) is 19.1. The number of rotatable bonds is 9. The van der Waals surface area contributed by atoms with E-state index in [1.165, 1.54) is 12.1 Å². The van der Waals surface area contributed by atoms with Crippen molar-refractivity contribution in [1.29, 1.82) is 0 Å². The standard InChI is InChI=1S/C17H24N6O3/c1-5-21(6-2)15-18-16(22(7-3)8-4)20-17(19-15)26-14-12-10-9-11-13(14)23(24)25/h9-12H,5-8H2,1-4H3. The number of nitrogens with zero attached hydrogens (tertiary/aromatic N) is 6. The van der Waals surface area contributed by atoms with Crippen LogP contribution >= 0.6 is 0 Å². The molecule has 2 aromatic rings. The van der Waals surface area contributed by atoms with Crippen molar-refractivity contribution in [3.05, 3.63) is 34.4 Å². The van der Waals surface area contributed by atoms with Gasteiger partial charge in [-0.25, -0.2) is 0 Å². The highest BCUT2D eigenvalue weighted by molar-refractivity contribution is 5.48. The first-order valence-electron chi connectivity index (χ1n) is 8.71. The summed E-state index contributed by atoms with van der Waals surface area (Å²) < 4.78 is 5.67. The summed E-state index contributed by atoms with van der Waals surface area (Å²) in [5.74, 6) is 1.07. The lowest BCUT2D eigenvalue weighted by molar-refractivity contribution is -0.385. The number of hydrogen-bond acceptors (Lipinski definition) is 8. The monoisotopic (exact) mass is 360 g/mol. The van der Waals surface area contributed by atoms with Crippen LogP contribution in [0.2, 0.25) is 0 Å². The molecule has 0 aliphatic carbocycles. The summed E-state index contributed by atoms with van der Waals surface area (Å²) in [6, 6.07) is 6.20. The van der Waals surface area contributed by atoms with Crippen LogP contribution in [0.25, 0.3) is 0 Å². The zero-order valence-electron chi connectivity index (χ0n) is 15.5. The molecule has 0 saturated heterocycles. The number of aromatic nitrogens is 3. The second kappa shape index (κ2) is 8.93. The van der Waals surface area contributed by atoms with Crippen molar-refractivity contribution >= 4 is 17.6 Å². The van der Waals surface area contributed by atoms with Crippen LogP contribution in [0, 0.1) is 10.1 Å². The van der Waals surface area contributed by atoms with Crippen molar-refractivity contribution in [2.75, 3.05) is 36.0 Å². The molecule has 0 unspecified atom stereocenters. The van der Waals surface area contributed by atoms with Gasteiger partial charge in [0, 0.05) is 32.2 Å². The van der Waals surface area contributed by atoms with Crippen molar-refractivity contribution in [2.45, 2.75) is 27.7 Å². The van der Waals surface area contributed by atoms with Crippen LogP contribution in [0.5, 0.6) is 11.8 Å². The molecule has 0 bridgehead atoms. The second-order valence-electron chi connectivity index (χ2n) is 5.39. The summed E-state index contributed by atoms with van der Waals surface area (Å²) in [6.45, 7) is 10.9. The number of ether oxygens (including phenoxy) is 1. The molecule has 0 radical (unpaired) electrons. The number of para-hydroxylation sites is 2. The Labute approximate surface area is 152 Å². The van der Waals surface area contributed by atoms with Crippen molar-refractivity contribution in [3.63, 3.8) is 0 Å². The van der Waals surface area contributed by atoms with Gasteiger partial charge in [0.15, 0.2) is 0 Å². The van der Waals surface area contributed by atoms with Crippen molar-refractivity contribution in [3.8, 4) is 11.8 Å². The van der Waals surface area contributed by atoms with Gasteiger partial charge in [-0.2, -0.15) is 15.0 Å². The molecule has 0 spiro atoms. The zero-order valence-corrected chi connectivity index (χ0v) is 15.5. The highest BCUT2D eigenvalue weighted by atomic mass is 16.6. The van der Waals surface area contributed by atoms with E-state index in [1.54, 1.807) is 12.1 Å². The lowest BCUT2D eigenvalue weighted by Crippen LogP contribution is -2.28. The Bertz CT molecular complexity index is 717. The molecule has 140 valence electrons. The molecular weight excluding hydrogens is 336 g/mol. The van der Waals surface area contributed by atoms with Gasteiger partial charge in [-0.1, -0.05) is 12.1 Å². The maximum atomic E-state index is 11.2. The Morgan fingerprint density at radius 2 is 1.42 bits per heavy atom. The molecule has 0 saturated carbocycles. The Kier molecular flexibility index (Phi) is 6.65. The molecule has 9 heteroatoms. The van der Waals surface area contributed by atoms with Gasteiger partial charge in [0.1, 0.15) is 0 Å². The smallest absolute Gasteiger partial charge is 0.328 e. The summed E-state index contributed by atoms with van der Waals surface area (Å²) in [6.07, 6.45) is 0. The van der Waals surface area contributed by atoms with E-state index < -0.39 is 4.92 Å². The van der Waals surface area contributed by atoms with Crippen LogP contribution in [0.4, 0.5) is 17.6 Å². The average molecular weight is 360 g/mol. The molecule has 26 heavy (non-hydrogen) atoms. The second-order valence-corrected chi connectivity index (χ2v) is 5.39. The van der Waals surface area contributed by atoms with E-state index in [0.717, 1.165) is 26.2 Å². The van der Waals surface area contributed by atoms with Gasteiger partial charge in [-0.3, -0.25) is 10.1 Å². The predicted molar refractivity (Wildman–Crippen MR) is 100 cm³/mol. The normalized spacial score (nSPS) is 10.5. The Hall–Kier alpha value is -2.97. The minimum absolute atomic E-state index is 0.0399. The van der Waals surface area contributed by atoms with Crippen molar-refractivity contribution in [2.24, 2.45) is 0 Å². The summed E-state index contributed by atoms with van der Waals surface area (Å²) in [5.41, 5.74) is -0.137. The van der Waals surface area contributed by atoms with E-state index in [0.29, 0.717) is 11.9 Å². The summed E-state index contributed by atoms with van der Waals surface area (Å²) in [4.78, 5) is 27.9. The summed E-state index contributed by atoms with van der Waals surface area (Å²) in [5, 5.41) is 11.2. The lowest BCUT2D eigenvalue weighted by atomic mass is 10.3. The molecule has 0 amide bonds. The maximum Gasteiger partial charge on any atom is 0.328 e. The van der Waals surface area contributed by atoms with Crippen molar-refractivity contribution in [1.82, 2.24) is 15.0 Å². The van der Waals surface area contributed by atoms with E-state index in [9.17, 15) is 10.1 Å². The number of nitro groups is 1. The minimum Gasteiger partial charge on any atom is -0.417 e. The van der Waals surface area contributed by atoms with E-state index in [-0.39, 0.29) is 17.4 Å². The molecule has 0 atom stereocenters. The highest BCUT2D eigenvalue weighted by Crippen LogP contribution is 2.30. The van der Waals surface area contributed by atoms with Gasteiger partial charge in [0.25, 0.3) is 0 Å². The third kappa shape index (κ3) is 4.35. The first kappa shape index (κ1) is 19.4. The molecule has 1 heterocycles. The summed E-state index contributed by atoms with van der Waals surface area (Å²) >= 11 is 0. The number of benzene rings is 1. The van der Waals surface area contributed by atoms with Gasteiger partial charge in [-0.05, 0) is 33.8 Å². The van der Waals surface area contributed by atoms with Crippen LogP contribution in [0.15, 0.2) is 24.3 Å². The Morgan fingerprint density at radius 1 is 0.923 bits per heavy atom. The fourth-order valence-electron chi connectivity index (χ4n) is 2.47. The molecule has 9 nitrogen and oxygen atoms in total. The fourth-order valence-corrected chi connectivity index (χ4v) is 2.47. The largest absolute Gasteiger partial charge is 0.417 e. The number of hydrogen-bond donors (Lipinski definition) is 0. The van der Waals surface area contributed by atoms with Gasteiger partial charge in [-0.15, -0.1) is 0 Å². The predicted octanol–water partition coefficient (Wildman–Crippen LogP) is 3.26. The molecule has 2 rings (SSSR count). The fraction of sp³-hybridized carbons (Fsp3) is 0.471. The number of nitro benzene ring substituents is 1. The number of anilines is 2. The van der Waals surface area contributed by atoms with Crippen LogP contribution in [0.1, 0.15) is 27.7 Å². The van der Waals surface area contributed by atoms with E-state index in [1.807, 2.05) is 37.5 Å². The molecule has 0 aliphatic heterocycles.